The summed E-state index contributed by atoms with van der Waals surface area (Å²) in [4.78, 5) is 33.4. The number of hydrogen-bond donors (Lipinski definition) is 3. The molecule has 0 aromatic carbocycles. The number of rotatable bonds is 7. The molecule has 104 valence electrons. The molecule has 0 aromatic heterocycles. The van der Waals surface area contributed by atoms with Crippen molar-refractivity contribution in [2.24, 2.45) is 5.92 Å². The van der Waals surface area contributed by atoms with Crippen LogP contribution in [0.5, 0.6) is 0 Å². The highest BCUT2D eigenvalue weighted by Crippen LogP contribution is 2.00. The summed E-state index contributed by atoms with van der Waals surface area (Å²) < 4.78 is 4.51. The van der Waals surface area contributed by atoms with Gasteiger partial charge in [-0.1, -0.05) is 13.8 Å². The van der Waals surface area contributed by atoms with E-state index in [0.717, 1.165) is 0 Å². The van der Waals surface area contributed by atoms with Crippen LogP contribution in [-0.4, -0.2) is 42.8 Å². The van der Waals surface area contributed by atoms with Gasteiger partial charge in [-0.15, -0.1) is 0 Å². The Morgan fingerprint density at radius 2 is 1.83 bits per heavy atom. The Labute approximate surface area is 106 Å². The Kier molecular flexibility index (Phi) is 7.50. The number of hydrogen-bond acceptors (Lipinski definition) is 4. The fraction of sp³-hybridized carbons (Fsp3) is 0.727. The number of carboxylic acids is 1. The summed E-state index contributed by atoms with van der Waals surface area (Å²) in [6.07, 6.45) is 0.819. The second-order valence-corrected chi connectivity index (χ2v) is 3.78. The first-order chi connectivity index (χ1) is 8.46. The summed E-state index contributed by atoms with van der Waals surface area (Å²) in [6.45, 7) is 3.48. The summed E-state index contributed by atoms with van der Waals surface area (Å²) in [5.41, 5.74) is 0. The molecule has 0 radical (unpaired) electrons. The van der Waals surface area contributed by atoms with Crippen molar-refractivity contribution >= 4 is 18.0 Å². The van der Waals surface area contributed by atoms with Crippen LogP contribution in [0.15, 0.2) is 0 Å². The van der Waals surface area contributed by atoms with Crippen LogP contribution in [0.25, 0.3) is 0 Å². The third kappa shape index (κ3) is 5.51. The largest absolute Gasteiger partial charge is 0.481 e. The second-order valence-electron chi connectivity index (χ2n) is 3.78. The van der Waals surface area contributed by atoms with Gasteiger partial charge in [0.05, 0.1) is 13.0 Å². The molecular weight excluding hydrogens is 240 g/mol. The van der Waals surface area contributed by atoms with Crippen molar-refractivity contribution in [1.82, 2.24) is 10.6 Å². The topological polar surface area (TPSA) is 105 Å². The van der Waals surface area contributed by atoms with Gasteiger partial charge < -0.3 is 20.5 Å². The van der Waals surface area contributed by atoms with Crippen molar-refractivity contribution in [3.05, 3.63) is 0 Å². The number of carbonyl (C=O) groups is 3. The Balaban J connectivity index is 4.17. The van der Waals surface area contributed by atoms with E-state index in [-0.39, 0.29) is 6.54 Å². The van der Waals surface area contributed by atoms with Crippen LogP contribution < -0.4 is 10.6 Å². The van der Waals surface area contributed by atoms with Gasteiger partial charge in [0.25, 0.3) is 0 Å². The molecule has 0 saturated carbocycles. The molecule has 0 bridgehead atoms. The van der Waals surface area contributed by atoms with Gasteiger partial charge in [-0.05, 0) is 12.8 Å². The molecule has 0 saturated heterocycles. The van der Waals surface area contributed by atoms with Gasteiger partial charge in [0.1, 0.15) is 6.04 Å². The van der Waals surface area contributed by atoms with E-state index in [1.807, 2.05) is 0 Å². The van der Waals surface area contributed by atoms with E-state index in [2.05, 4.69) is 15.4 Å². The Morgan fingerprint density at radius 1 is 1.22 bits per heavy atom. The average Bonchev–Trinajstić information content (AvgIpc) is 2.35. The van der Waals surface area contributed by atoms with E-state index < -0.39 is 29.9 Å². The molecule has 2 unspecified atom stereocenters. The number of amides is 2. The van der Waals surface area contributed by atoms with Gasteiger partial charge >= 0.3 is 18.0 Å². The highest BCUT2D eigenvalue weighted by molar-refractivity contribution is 5.83. The molecule has 2 amide bonds. The molecular formula is C11H20N2O5. The van der Waals surface area contributed by atoms with Gasteiger partial charge in [-0.2, -0.15) is 0 Å². The third-order valence-electron chi connectivity index (χ3n) is 2.55. The van der Waals surface area contributed by atoms with Crippen LogP contribution in [-0.2, 0) is 14.3 Å². The molecule has 0 aliphatic rings. The first kappa shape index (κ1) is 16.2. The second kappa shape index (κ2) is 8.32. The zero-order valence-corrected chi connectivity index (χ0v) is 10.9. The molecule has 0 spiro atoms. The zero-order valence-electron chi connectivity index (χ0n) is 10.9. The number of esters is 1. The Bertz CT molecular complexity index is 306. The summed E-state index contributed by atoms with van der Waals surface area (Å²) >= 11 is 0. The molecule has 7 nitrogen and oxygen atoms in total. The first-order valence-electron chi connectivity index (χ1n) is 5.81. The van der Waals surface area contributed by atoms with Gasteiger partial charge in [-0.25, -0.2) is 9.59 Å². The first-order valence-corrected chi connectivity index (χ1v) is 5.81. The number of aliphatic carboxylic acids is 1. The third-order valence-corrected chi connectivity index (χ3v) is 2.55. The number of carbonyl (C=O) groups excluding carboxylic acids is 2. The molecule has 7 heteroatoms. The normalized spacial score (nSPS) is 13.3. The van der Waals surface area contributed by atoms with Crippen molar-refractivity contribution < 1.29 is 24.2 Å². The van der Waals surface area contributed by atoms with Crippen molar-refractivity contribution in [2.75, 3.05) is 13.7 Å². The van der Waals surface area contributed by atoms with E-state index in [9.17, 15) is 14.4 Å². The number of methoxy groups -OCH3 is 1. The number of ether oxygens (including phenoxy) is 1. The van der Waals surface area contributed by atoms with E-state index in [0.29, 0.717) is 12.8 Å². The fourth-order valence-corrected chi connectivity index (χ4v) is 1.30. The predicted molar refractivity (Wildman–Crippen MR) is 64.0 cm³/mol. The number of carboxylic acid groups (broad SMARTS) is 1. The molecule has 0 aromatic rings. The SMILES string of the molecule is CCC(CNC(=O)NC(CC)C(=O)OC)C(=O)O. The van der Waals surface area contributed by atoms with Gasteiger partial charge in [0, 0.05) is 6.54 Å². The maximum atomic E-state index is 11.5. The Hall–Kier alpha value is -1.79. The average molecular weight is 260 g/mol. The maximum absolute atomic E-state index is 11.5. The maximum Gasteiger partial charge on any atom is 0.328 e. The zero-order chi connectivity index (χ0) is 14.1. The van der Waals surface area contributed by atoms with Crippen LogP contribution in [0.3, 0.4) is 0 Å². The van der Waals surface area contributed by atoms with E-state index >= 15 is 0 Å². The molecule has 2 atom stereocenters. The van der Waals surface area contributed by atoms with Gasteiger partial charge in [0.2, 0.25) is 0 Å². The van der Waals surface area contributed by atoms with E-state index in [4.69, 9.17) is 5.11 Å². The van der Waals surface area contributed by atoms with Crippen LogP contribution in [0.1, 0.15) is 26.7 Å². The molecule has 0 heterocycles. The lowest BCUT2D eigenvalue weighted by Crippen LogP contribution is -2.47. The summed E-state index contributed by atoms with van der Waals surface area (Å²) in [5.74, 6) is -2.12. The standard InChI is InChI=1S/C11H20N2O5/c1-4-7(9(14)15)6-12-11(17)13-8(5-2)10(16)18-3/h7-8H,4-6H2,1-3H3,(H,14,15)(H2,12,13,17). The van der Waals surface area contributed by atoms with E-state index in [1.165, 1.54) is 7.11 Å². The summed E-state index contributed by atoms with van der Waals surface area (Å²) in [5, 5.41) is 13.6. The lowest BCUT2D eigenvalue weighted by molar-refractivity contribution is -0.143. The quantitative estimate of drug-likeness (QED) is 0.573. The smallest absolute Gasteiger partial charge is 0.328 e. The van der Waals surface area contributed by atoms with Crippen molar-refractivity contribution in [3.63, 3.8) is 0 Å². The molecule has 0 aliphatic carbocycles. The number of nitrogens with one attached hydrogen (secondary N) is 2. The van der Waals surface area contributed by atoms with Crippen LogP contribution in [0, 0.1) is 5.92 Å². The van der Waals surface area contributed by atoms with Gasteiger partial charge in [0.15, 0.2) is 0 Å². The fourth-order valence-electron chi connectivity index (χ4n) is 1.30. The minimum absolute atomic E-state index is 0.0231. The summed E-state index contributed by atoms with van der Waals surface area (Å²) in [7, 11) is 1.24. The van der Waals surface area contributed by atoms with Crippen molar-refractivity contribution in [1.29, 1.82) is 0 Å². The highest BCUT2D eigenvalue weighted by atomic mass is 16.5. The van der Waals surface area contributed by atoms with Crippen LogP contribution >= 0.6 is 0 Å². The van der Waals surface area contributed by atoms with Crippen LogP contribution in [0.4, 0.5) is 4.79 Å². The molecule has 3 N–H and O–H groups in total. The Morgan fingerprint density at radius 3 is 2.22 bits per heavy atom. The molecule has 0 aliphatic heterocycles. The molecule has 0 rings (SSSR count). The van der Waals surface area contributed by atoms with Crippen LogP contribution in [0.2, 0.25) is 0 Å². The van der Waals surface area contributed by atoms with Gasteiger partial charge in [-0.3, -0.25) is 4.79 Å². The highest BCUT2D eigenvalue weighted by Gasteiger charge is 2.20. The predicted octanol–water partition coefficient (Wildman–Crippen LogP) is 0.348. The van der Waals surface area contributed by atoms with Crippen molar-refractivity contribution in [2.45, 2.75) is 32.7 Å². The lowest BCUT2D eigenvalue weighted by Gasteiger charge is -2.16. The minimum Gasteiger partial charge on any atom is -0.481 e. The number of urea groups is 1. The summed E-state index contributed by atoms with van der Waals surface area (Å²) in [6, 6.07) is -1.30. The van der Waals surface area contributed by atoms with Crippen molar-refractivity contribution in [3.8, 4) is 0 Å². The monoisotopic (exact) mass is 260 g/mol. The molecule has 18 heavy (non-hydrogen) atoms. The molecule has 0 fully saturated rings. The van der Waals surface area contributed by atoms with E-state index in [1.54, 1.807) is 13.8 Å². The lowest BCUT2D eigenvalue weighted by atomic mass is 10.1. The minimum atomic E-state index is -0.960.